The maximum absolute atomic E-state index is 10.1. The number of furan rings is 1. The molecule has 2 saturated carbocycles. The molecule has 65 heavy (non-hydrogen) atoms. The molecule has 3 aromatic heterocycles. The Balaban J connectivity index is 0.00000689. The van der Waals surface area contributed by atoms with Gasteiger partial charge in [0.2, 0.25) is 0 Å². The van der Waals surface area contributed by atoms with Crippen LogP contribution >= 0.6 is 0 Å². The number of aromatic nitrogens is 2. The molecule has 4 nitrogen and oxygen atoms in total. The molecular weight excluding hydrogens is 976 g/mol. The fourth-order valence-corrected chi connectivity index (χ4v) is 11.7. The van der Waals surface area contributed by atoms with Crippen molar-refractivity contribution in [3.8, 4) is 45.1 Å². The van der Waals surface area contributed by atoms with Crippen LogP contribution in [0.2, 0.25) is 0 Å². The zero-order valence-electron chi connectivity index (χ0n) is 48.2. The molecule has 2 fully saturated rings. The number of nitrogens with zero attached hydrogens (tertiary/aromatic N) is 2. The average Bonchev–Trinajstić information content (AvgIpc) is 3.65. The summed E-state index contributed by atoms with van der Waals surface area (Å²) in [4.78, 5) is 9.49. The van der Waals surface area contributed by atoms with Gasteiger partial charge in [-0.1, -0.05) is 161 Å². The zero-order valence-corrected chi connectivity index (χ0v) is 40.5. The maximum Gasteiger partial charge on any atom is 2.00 e. The molecule has 5 aromatic carbocycles. The molecule has 5 heteroatoms. The van der Waals surface area contributed by atoms with Gasteiger partial charge in [-0.2, -0.15) is 0 Å². The summed E-state index contributed by atoms with van der Waals surface area (Å²) in [6, 6.07) is 34.4. The van der Waals surface area contributed by atoms with Gasteiger partial charge < -0.3 is 19.1 Å². The summed E-state index contributed by atoms with van der Waals surface area (Å²) in [5.74, 6) is -0.0714. The Labute approximate surface area is 415 Å². The Morgan fingerprint density at radius 2 is 1.46 bits per heavy atom. The van der Waals surface area contributed by atoms with E-state index in [1.165, 1.54) is 11.6 Å². The predicted octanol–water partition coefficient (Wildman–Crippen LogP) is 16.9. The number of rotatable bonds is 7. The number of fused-ring (bicyclic) bond motifs is 4. The molecule has 2 aliphatic rings. The van der Waals surface area contributed by atoms with E-state index < -0.39 is 37.6 Å². The van der Waals surface area contributed by atoms with Crippen LogP contribution in [0, 0.1) is 67.7 Å². The van der Waals surface area contributed by atoms with Gasteiger partial charge in [-0.25, -0.2) is 0 Å². The molecule has 0 radical (unpaired) electrons. The topological polar surface area (TPSA) is 48.2 Å². The van der Waals surface area contributed by atoms with Crippen LogP contribution in [0.15, 0.2) is 108 Å². The van der Waals surface area contributed by atoms with Crippen molar-refractivity contribution >= 4 is 32.7 Å². The van der Waals surface area contributed by atoms with E-state index in [9.17, 15) is 1.37 Å². The first-order valence-corrected chi connectivity index (χ1v) is 22.7. The number of aryl methyl sites for hydroxylation is 3. The van der Waals surface area contributed by atoms with Gasteiger partial charge in [0.1, 0.15) is 5.58 Å². The second-order valence-corrected chi connectivity index (χ2v) is 20.7. The van der Waals surface area contributed by atoms with E-state index in [2.05, 4.69) is 77.7 Å². The number of ether oxygens (including phenoxy) is 1. The van der Waals surface area contributed by atoms with E-state index in [-0.39, 0.29) is 83.0 Å². The van der Waals surface area contributed by atoms with E-state index in [1.54, 1.807) is 36.4 Å². The van der Waals surface area contributed by atoms with E-state index in [0.717, 1.165) is 66.4 Å². The summed E-state index contributed by atoms with van der Waals surface area (Å²) >= 11 is 0. The van der Waals surface area contributed by atoms with E-state index >= 15 is 0 Å². The van der Waals surface area contributed by atoms with Crippen molar-refractivity contribution in [3.05, 3.63) is 143 Å². The third-order valence-corrected chi connectivity index (χ3v) is 14.3. The van der Waals surface area contributed by atoms with Crippen LogP contribution in [-0.2, 0) is 21.1 Å². The van der Waals surface area contributed by atoms with E-state index in [4.69, 9.17) is 26.5 Å². The van der Waals surface area contributed by atoms with Gasteiger partial charge in [0.15, 0.2) is 0 Å². The van der Waals surface area contributed by atoms with Crippen molar-refractivity contribution in [2.75, 3.05) is 0 Å². The molecule has 0 amide bonds. The maximum atomic E-state index is 10.1. The fourth-order valence-electron chi connectivity index (χ4n) is 11.7. The fraction of sp³-hybridized carbons (Fsp3) is 0.367. The minimum atomic E-state index is -2.81. The zero-order chi connectivity index (χ0) is 53.1. The van der Waals surface area contributed by atoms with Crippen molar-refractivity contribution < 1.29 is 43.9 Å². The van der Waals surface area contributed by atoms with Crippen LogP contribution in [0.3, 0.4) is 0 Å². The molecule has 0 spiro atoms. The van der Waals surface area contributed by atoms with Gasteiger partial charge >= 0.3 is 21.1 Å². The average molecular weight is 1050 g/mol. The van der Waals surface area contributed by atoms with E-state index in [0.29, 0.717) is 33.4 Å². The Kier molecular flexibility index (Phi) is 8.96. The largest absolute Gasteiger partial charge is 2.00 e. The number of hydrogen-bond acceptors (Lipinski definition) is 4. The monoisotopic (exact) mass is 1050 g/mol. The van der Waals surface area contributed by atoms with Crippen LogP contribution < -0.4 is 4.74 Å². The van der Waals surface area contributed by atoms with Crippen molar-refractivity contribution in [1.29, 1.82) is 0 Å². The third kappa shape index (κ3) is 8.62. The van der Waals surface area contributed by atoms with Crippen molar-refractivity contribution in [2.45, 2.75) is 113 Å². The van der Waals surface area contributed by atoms with Crippen molar-refractivity contribution in [1.82, 2.24) is 9.97 Å². The summed E-state index contributed by atoms with van der Waals surface area (Å²) in [6.07, 6.45) is 8.64. The first kappa shape index (κ1) is 34.3. The van der Waals surface area contributed by atoms with Crippen LogP contribution in [0.25, 0.3) is 66.4 Å². The molecule has 334 valence electrons. The smallest absolute Gasteiger partial charge is 0.501 e. The quantitative estimate of drug-likeness (QED) is 0.149. The molecular formula is C60H62N2O2Pt. The Morgan fingerprint density at radius 3 is 2.18 bits per heavy atom. The van der Waals surface area contributed by atoms with Gasteiger partial charge in [0.25, 0.3) is 0 Å². The number of pyridine rings is 2. The molecule has 0 saturated heterocycles. The molecule has 0 N–H and O–H groups in total. The standard InChI is InChI=1S/C60H62N2O2.Pt/c1-36-22-53(61-33-38(36)3)44-24-49(41-16-12-11-13-17-41)40(5)55(26-44)63-46-27-51-50-23-42-18-14-15-19-43(42)25-56(50)64-57(51)52(28-46)54-29-48(39(4)34-62-54)47-20-21-60(10,30-37(47)2)45-31-58(6,7)35-59(8,9)32-45;/h11-19,22-25,27,29,33-34,37,45,47H,20-21,30-32,35H2,1-10H3;/q-2;+2/i1D3,3D3,5D3,45D;. The Bertz CT molecular complexity index is 3470. The molecule has 10 rings (SSSR count). The van der Waals surface area contributed by atoms with Crippen molar-refractivity contribution in [3.63, 3.8) is 0 Å². The second-order valence-electron chi connectivity index (χ2n) is 20.7. The second kappa shape index (κ2) is 17.0. The predicted molar refractivity (Wildman–Crippen MR) is 265 cm³/mol. The molecule has 3 heterocycles. The molecule has 0 aliphatic heterocycles. The van der Waals surface area contributed by atoms with Gasteiger partial charge in [0.05, 0.1) is 5.58 Å². The van der Waals surface area contributed by atoms with Crippen molar-refractivity contribution in [2.24, 2.45) is 28.1 Å². The summed E-state index contributed by atoms with van der Waals surface area (Å²) in [5.41, 5.74) is 4.65. The van der Waals surface area contributed by atoms with Gasteiger partial charge in [-0.3, -0.25) is 0 Å². The summed E-state index contributed by atoms with van der Waals surface area (Å²) < 4.78 is 99.7. The molecule has 3 atom stereocenters. The van der Waals surface area contributed by atoms with Crippen LogP contribution in [0.1, 0.15) is 128 Å². The van der Waals surface area contributed by atoms with E-state index in [1.807, 2.05) is 42.6 Å². The Hall–Kier alpha value is -5.05. The van der Waals surface area contributed by atoms with Gasteiger partial charge in [0, 0.05) is 43.0 Å². The molecule has 0 bridgehead atoms. The minimum absolute atomic E-state index is 0. The summed E-state index contributed by atoms with van der Waals surface area (Å²) in [5, 5.41) is 3.49. The first-order valence-electron chi connectivity index (χ1n) is 27.7. The number of benzene rings is 5. The SMILES string of the molecule is [2H]C([2H])([2H])c1cnc(-c2[c-]c(Oc3[c-]c(-c4cc(C5CCC(C)(C6([2H])CC(C)(C)CC(C)(C)C6)CC5C)c(C)cn4)c4oc5cc6ccccc6cc5c4c3)c(C([2H])([2H])[2H])c(-c3ccccc3)c2)cc1C([2H])([2H])[2H].[Pt+2]. The minimum Gasteiger partial charge on any atom is -0.501 e. The molecule has 2 aliphatic carbocycles. The van der Waals surface area contributed by atoms with Gasteiger partial charge in [-0.15, -0.1) is 11.6 Å². The summed E-state index contributed by atoms with van der Waals surface area (Å²) in [6.45, 7) is 7.82. The molecule has 8 aromatic rings. The number of hydrogen-bond donors (Lipinski definition) is 0. The van der Waals surface area contributed by atoms with Crippen LogP contribution in [-0.4, -0.2) is 9.97 Å². The third-order valence-electron chi connectivity index (χ3n) is 14.3. The molecule has 3 unspecified atom stereocenters. The first-order chi connectivity index (χ1) is 34.5. The Morgan fingerprint density at radius 1 is 0.754 bits per heavy atom. The normalized spacial score (nSPS) is 24.2. The summed E-state index contributed by atoms with van der Waals surface area (Å²) in [7, 11) is 0. The van der Waals surface area contributed by atoms with Crippen LogP contribution in [0.5, 0.6) is 11.5 Å². The van der Waals surface area contributed by atoms with Crippen LogP contribution in [0.4, 0.5) is 0 Å². The van der Waals surface area contributed by atoms with Gasteiger partial charge in [-0.05, 0) is 150 Å².